The van der Waals surface area contributed by atoms with Crippen LogP contribution in [0.2, 0.25) is 0 Å². The second-order valence-electron chi connectivity index (χ2n) is 5.98. The molecule has 7 heteroatoms. The number of carbonyl (C=O) groups is 2. The third-order valence-electron chi connectivity index (χ3n) is 3.94. The van der Waals surface area contributed by atoms with Gasteiger partial charge in [-0.3, -0.25) is 4.79 Å². The van der Waals surface area contributed by atoms with Gasteiger partial charge in [0, 0.05) is 6.54 Å². The third kappa shape index (κ3) is 4.36. The average Bonchev–Trinajstić information content (AvgIpc) is 2.98. The van der Waals surface area contributed by atoms with Crippen LogP contribution in [0, 0.1) is 13.8 Å². The maximum absolute atomic E-state index is 11.9. The van der Waals surface area contributed by atoms with Crippen molar-refractivity contribution in [1.29, 1.82) is 0 Å². The number of rotatable bonds is 6. The number of hydrogen-bond donors (Lipinski definition) is 1. The highest BCUT2D eigenvalue weighted by Crippen LogP contribution is 2.30. The Balaban J connectivity index is 1.41. The van der Waals surface area contributed by atoms with Crippen molar-refractivity contribution in [2.75, 3.05) is 26.4 Å². The van der Waals surface area contributed by atoms with Crippen LogP contribution < -0.4 is 14.8 Å². The standard InChI is InChI=1S/C19H21NO6/c1-12-9-15(13(2)26-12)19(22)25-11-18(21)20-6-5-14-3-4-16-17(10-14)24-8-7-23-16/h3-4,9-10H,5-8,11H2,1-2H3,(H,20,21). The van der Waals surface area contributed by atoms with Crippen LogP contribution in [0.15, 0.2) is 28.7 Å². The van der Waals surface area contributed by atoms with E-state index in [9.17, 15) is 9.59 Å². The first-order valence-electron chi connectivity index (χ1n) is 8.42. The van der Waals surface area contributed by atoms with Crippen molar-refractivity contribution in [1.82, 2.24) is 5.32 Å². The molecule has 0 atom stereocenters. The summed E-state index contributed by atoms with van der Waals surface area (Å²) in [6, 6.07) is 7.30. The first-order chi connectivity index (χ1) is 12.5. The van der Waals surface area contributed by atoms with Crippen LogP contribution in [0.25, 0.3) is 0 Å². The first kappa shape index (κ1) is 17.8. The van der Waals surface area contributed by atoms with Gasteiger partial charge in [0.1, 0.15) is 30.3 Å². The third-order valence-corrected chi connectivity index (χ3v) is 3.94. The van der Waals surface area contributed by atoms with Gasteiger partial charge in [-0.15, -0.1) is 0 Å². The van der Waals surface area contributed by atoms with Crippen LogP contribution in [0.1, 0.15) is 27.4 Å². The average molecular weight is 359 g/mol. The van der Waals surface area contributed by atoms with Gasteiger partial charge in [-0.2, -0.15) is 0 Å². The Kier molecular flexibility index (Phi) is 5.46. The second-order valence-corrected chi connectivity index (χ2v) is 5.98. The molecule has 0 radical (unpaired) electrons. The lowest BCUT2D eigenvalue weighted by Gasteiger charge is -2.18. The SMILES string of the molecule is Cc1cc(C(=O)OCC(=O)NCCc2ccc3c(c2)OCCO3)c(C)o1. The summed E-state index contributed by atoms with van der Waals surface area (Å²) in [6.07, 6.45) is 0.635. The molecule has 2 heterocycles. The molecule has 0 bridgehead atoms. The predicted molar refractivity (Wildman–Crippen MR) is 92.6 cm³/mol. The zero-order chi connectivity index (χ0) is 18.5. The number of amides is 1. The largest absolute Gasteiger partial charge is 0.486 e. The van der Waals surface area contributed by atoms with Crippen molar-refractivity contribution in [2.45, 2.75) is 20.3 Å². The number of nitrogens with one attached hydrogen (secondary N) is 1. The molecule has 0 aliphatic carbocycles. The van der Waals surface area contributed by atoms with E-state index >= 15 is 0 Å². The van der Waals surface area contributed by atoms with Gasteiger partial charge in [0.05, 0.1) is 0 Å². The number of benzene rings is 1. The molecule has 26 heavy (non-hydrogen) atoms. The van der Waals surface area contributed by atoms with E-state index in [4.69, 9.17) is 18.6 Å². The van der Waals surface area contributed by atoms with Crippen LogP contribution in [0.3, 0.4) is 0 Å². The van der Waals surface area contributed by atoms with Crippen LogP contribution in [0.5, 0.6) is 11.5 Å². The van der Waals surface area contributed by atoms with Gasteiger partial charge in [0.15, 0.2) is 18.1 Å². The lowest BCUT2D eigenvalue weighted by atomic mass is 10.1. The Morgan fingerprint density at radius 3 is 2.62 bits per heavy atom. The minimum absolute atomic E-state index is 0.330. The molecular weight excluding hydrogens is 338 g/mol. The van der Waals surface area contributed by atoms with Crippen LogP contribution in [-0.4, -0.2) is 38.2 Å². The van der Waals surface area contributed by atoms with Crippen molar-refractivity contribution in [3.05, 3.63) is 46.9 Å². The molecular formula is C19H21NO6. The fourth-order valence-electron chi connectivity index (χ4n) is 2.68. The van der Waals surface area contributed by atoms with Crippen molar-refractivity contribution in [3.63, 3.8) is 0 Å². The van der Waals surface area contributed by atoms with Gasteiger partial charge in [-0.1, -0.05) is 6.07 Å². The van der Waals surface area contributed by atoms with Gasteiger partial charge in [-0.05, 0) is 44.0 Å². The molecule has 3 rings (SSSR count). The zero-order valence-corrected chi connectivity index (χ0v) is 14.8. The number of esters is 1. The predicted octanol–water partition coefficient (Wildman–Crippen LogP) is 2.18. The Morgan fingerprint density at radius 1 is 1.12 bits per heavy atom. The summed E-state index contributed by atoms with van der Waals surface area (Å²) >= 11 is 0. The molecule has 1 amide bonds. The molecule has 1 aliphatic heterocycles. The van der Waals surface area contributed by atoms with Crippen LogP contribution in [-0.2, 0) is 16.0 Å². The smallest absolute Gasteiger partial charge is 0.342 e. The minimum atomic E-state index is -0.568. The summed E-state index contributed by atoms with van der Waals surface area (Å²) < 4.78 is 21.3. The Morgan fingerprint density at radius 2 is 1.88 bits per heavy atom. The topological polar surface area (TPSA) is 87.0 Å². The van der Waals surface area contributed by atoms with Gasteiger partial charge >= 0.3 is 5.97 Å². The van der Waals surface area contributed by atoms with Crippen molar-refractivity contribution in [3.8, 4) is 11.5 Å². The maximum Gasteiger partial charge on any atom is 0.342 e. The van der Waals surface area contributed by atoms with Crippen molar-refractivity contribution < 1.29 is 28.2 Å². The van der Waals surface area contributed by atoms with E-state index in [1.807, 2.05) is 18.2 Å². The fraction of sp³-hybridized carbons (Fsp3) is 0.368. The van der Waals surface area contributed by atoms with Gasteiger partial charge in [0.2, 0.25) is 0 Å². The Bertz CT molecular complexity index is 810. The highest BCUT2D eigenvalue weighted by molar-refractivity contribution is 5.92. The molecule has 1 N–H and O–H groups in total. The van der Waals surface area contributed by atoms with Gasteiger partial charge < -0.3 is 23.9 Å². The van der Waals surface area contributed by atoms with E-state index in [-0.39, 0.29) is 12.5 Å². The second kappa shape index (κ2) is 7.95. The molecule has 0 saturated carbocycles. The number of ether oxygens (including phenoxy) is 3. The molecule has 2 aromatic rings. The normalized spacial score (nSPS) is 12.5. The maximum atomic E-state index is 11.9. The number of carbonyl (C=O) groups excluding carboxylic acids is 2. The number of fused-ring (bicyclic) bond motifs is 1. The summed E-state index contributed by atoms with van der Waals surface area (Å²) in [5.74, 6) is 1.64. The summed E-state index contributed by atoms with van der Waals surface area (Å²) in [5, 5.41) is 2.73. The lowest BCUT2D eigenvalue weighted by molar-refractivity contribution is -0.124. The molecule has 138 valence electrons. The number of aryl methyl sites for hydroxylation is 2. The molecule has 0 saturated heterocycles. The molecule has 1 aliphatic rings. The van der Waals surface area contributed by atoms with E-state index < -0.39 is 5.97 Å². The summed E-state index contributed by atoms with van der Waals surface area (Å²) in [5.41, 5.74) is 1.36. The summed E-state index contributed by atoms with van der Waals surface area (Å²) in [7, 11) is 0. The molecule has 0 fully saturated rings. The lowest BCUT2D eigenvalue weighted by Crippen LogP contribution is -2.30. The fourth-order valence-corrected chi connectivity index (χ4v) is 2.68. The van der Waals surface area contributed by atoms with Crippen LogP contribution >= 0.6 is 0 Å². The summed E-state index contributed by atoms with van der Waals surface area (Å²) in [6.45, 7) is 4.61. The van der Waals surface area contributed by atoms with E-state index in [0.29, 0.717) is 43.3 Å². The monoisotopic (exact) mass is 359 g/mol. The highest BCUT2D eigenvalue weighted by atomic mass is 16.6. The molecule has 7 nitrogen and oxygen atoms in total. The van der Waals surface area contributed by atoms with Crippen molar-refractivity contribution >= 4 is 11.9 Å². The quantitative estimate of drug-likeness (QED) is 0.796. The van der Waals surface area contributed by atoms with E-state index in [1.165, 1.54) is 0 Å². The summed E-state index contributed by atoms with van der Waals surface area (Å²) in [4.78, 5) is 23.8. The molecule has 0 spiro atoms. The number of hydrogen-bond acceptors (Lipinski definition) is 6. The van der Waals surface area contributed by atoms with E-state index in [0.717, 1.165) is 17.1 Å². The highest BCUT2D eigenvalue weighted by Gasteiger charge is 2.16. The van der Waals surface area contributed by atoms with Crippen molar-refractivity contribution in [2.24, 2.45) is 0 Å². The molecule has 1 aromatic carbocycles. The van der Waals surface area contributed by atoms with Crippen LogP contribution in [0.4, 0.5) is 0 Å². The first-order valence-corrected chi connectivity index (χ1v) is 8.42. The number of furan rings is 1. The van der Waals surface area contributed by atoms with Gasteiger partial charge in [0.25, 0.3) is 5.91 Å². The zero-order valence-electron chi connectivity index (χ0n) is 14.8. The molecule has 1 aromatic heterocycles. The molecule has 0 unspecified atom stereocenters. The van der Waals surface area contributed by atoms with Gasteiger partial charge in [-0.25, -0.2) is 4.79 Å². The minimum Gasteiger partial charge on any atom is -0.486 e. The Labute approximate surface area is 151 Å². The van der Waals surface area contributed by atoms with E-state index in [1.54, 1.807) is 19.9 Å². The Hall–Kier alpha value is -2.96. The van der Waals surface area contributed by atoms with E-state index in [2.05, 4.69) is 5.32 Å².